The van der Waals surface area contributed by atoms with Crippen molar-refractivity contribution in [2.45, 2.75) is 31.5 Å². The highest BCUT2D eigenvalue weighted by atomic mass is 19.4. The van der Waals surface area contributed by atoms with Gasteiger partial charge in [0.25, 0.3) is 0 Å². The average Bonchev–Trinajstić information content (AvgIpc) is 2.86. The van der Waals surface area contributed by atoms with Gasteiger partial charge < -0.3 is 16.0 Å². The summed E-state index contributed by atoms with van der Waals surface area (Å²) in [6, 6.07) is -0.583. The number of nitrogens with two attached hydrogens (primary N) is 1. The lowest BCUT2D eigenvalue weighted by molar-refractivity contribution is -0.180. The summed E-state index contributed by atoms with van der Waals surface area (Å²) in [5.74, 6) is -2.39. The number of carbonyl (C=O) groups excluding carboxylic acids is 2. The van der Waals surface area contributed by atoms with Crippen molar-refractivity contribution in [1.82, 2.24) is 10.2 Å². The van der Waals surface area contributed by atoms with Crippen molar-refractivity contribution in [2.75, 3.05) is 19.6 Å². The van der Waals surface area contributed by atoms with Gasteiger partial charge in [-0.05, 0) is 19.3 Å². The zero-order chi connectivity index (χ0) is 14.9. The zero-order valence-corrected chi connectivity index (χ0v) is 10.9. The molecular formula is C12H18F3N3O2. The summed E-state index contributed by atoms with van der Waals surface area (Å²) < 4.78 is 37.6. The van der Waals surface area contributed by atoms with Gasteiger partial charge >= 0.3 is 6.18 Å². The molecule has 2 heterocycles. The minimum atomic E-state index is -4.22. The van der Waals surface area contributed by atoms with Crippen LogP contribution in [0.5, 0.6) is 0 Å². The molecule has 20 heavy (non-hydrogen) atoms. The fourth-order valence-corrected chi connectivity index (χ4v) is 2.76. The Morgan fingerprint density at radius 2 is 1.90 bits per heavy atom. The number of hydrogen-bond acceptors (Lipinski definition) is 3. The second kappa shape index (κ2) is 5.59. The van der Waals surface area contributed by atoms with Gasteiger partial charge in [0.15, 0.2) is 0 Å². The number of hydrogen-bond donors (Lipinski definition) is 2. The predicted molar refractivity (Wildman–Crippen MR) is 64.5 cm³/mol. The number of nitrogens with zero attached hydrogens (tertiary/aromatic N) is 1. The minimum absolute atomic E-state index is 0.0417. The highest BCUT2D eigenvalue weighted by Gasteiger charge is 2.43. The van der Waals surface area contributed by atoms with E-state index in [2.05, 4.69) is 5.32 Å². The van der Waals surface area contributed by atoms with E-state index in [1.807, 2.05) is 0 Å². The van der Waals surface area contributed by atoms with Crippen molar-refractivity contribution in [3.63, 3.8) is 0 Å². The molecule has 0 aromatic carbocycles. The first-order chi connectivity index (χ1) is 9.29. The summed E-state index contributed by atoms with van der Waals surface area (Å²) in [7, 11) is 0. The molecule has 2 amide bonds. The highest BCUT2D eigenvalue weighted by molar-refractivity contribution is 5.84. The Morgan fingerprint density at radius 3 is 2.35 bits per heavy atom. The van der Waals surface area contributed by atoms with Crippen LogP contribution in [0.15, 0.2) is 0 Å². The lowest BCUT2D eigenvalue weighted by atomic mass is 9.93. The van der Waals surface area contributed by atoms with Gasteiger partial charge in [-0.1, -0.05) is 0 Å². The van der Waals surface area contributed by atoms with Crippen molar-refractivity contribution >= 4 is 11.8 Å². The topological polar surface area (TPSA) is 75.4 Å². The predicted octanol–water partition coefficient (Wildman–Crippen LogP) is 0.251. The van der Waals surface area contributed by atoms with E-state index in [0.717, 1.165) is 0 Å². The van der Waals surface area contributed by atoms with Gasteiger partial charge in [-0.2, -0.15) is 13.2 Å². The molecule has 0 spiro atoms. The van der Waals surface area contributed by atoms with Gasteiger partial charge in [0.05, 0.1) is 17.9 Å². The Morgan fingerprint density at radius 1 is 1.20 bits per heavy atom. The van der Waals surface area contributed by atoms with Crippen LogP contribution in [-0.2, 0) is 9.59 Å². The quantitative estimate of drug-likeness (QED) is 0.766. The standard InChI is InChI=1S/C12H18F3N3O2/c13-12(14,15)8-1-2-9(17-5-8)11(20)18-4-3-7(6-18)10(16)19/h7-9,17H,1-6H2,(H2,16,19). The summed E-state index contributed by atoms with van der Waals surface area (Å²) >= 11 is 0. The minimum Gasteiger partial charge on any atom is -0.369 e. The van der Waals surface area contributed by atoms with E-state index in [1.165, 1.54) is 4.90 Å². The molecule has 2 aliphatic heterocycles. The van der Waals surface area contributed by atoms with Crippen LogP contribution in [0.4, 0.5) is 13.2 Å². The molecule has 0 bridgehead atoms. The third kappa shape index (κ3) is 3.23. The first-order valence-corrected chi connectivity index (χ1v) is 6.67. The molecule has 8 heteroatoms. The number of amides is 2. The molecule has 0 radical (unpaired) electrons. The zero-order valence-electron chi connectivity index (χ0n) is 10.9. The number of alkyl halides is 3. The Labute approximate surface area is 114 Å². The van der Waals surface area contributed by atoms with E-state index >= 15 is 0 Å². The largest absolute Gasteiger partial charge is 0.393 e. The molecule has 0 aliphatic carbocycles. The second-order valence-electron chi connectivity index (χ2n) is 5.45. The molecule has 0 aromatic heterocycles. The third-order valence-corrected chi connectivity index (χ3v) is 4.08. The third-order valence-electron chi connectivity index (χ3n) is 4.08. The maximum Gasteiger partial charge on any atom is 0.393 e. The molecule has 3 N–H and O–H groups in total. The van der Waals surface area contributed by atoms with Crippen molar-refractivity contribution in [2.24, 2.45) is 17.6 Å². The monoisotopic (exact) mass is 293 g/mol. The van der Waals surface area contributed by atoms with Crippen LogP contribution in [0.25, 0.3) is 0 Å². The molecular weight excluding hydrogens is 275 g/mol. The van der Waals surface area contributed by atoms with E-state index in [9.17, 15) is 22.8 Å². The summed E-state index contributed by atoms with van der Waals surface area (Å²) in [5, 5.41) is 2.67. The molecule has 2 saturated heterocycles. The Kier molecular flexibility index (Phi) is 4.22. The van der Waals surface area contributed by atoms with Gasteiger partial charge in [0, 0.05) is 19.6 Å². The molecule has 0 saturated carbocycles. The number of piperidine rings is 1. The first-order valence-electron chi connectivity index (χ1n) is 6.67. The van der Waals surface area contributed by atoms with Crippen LogP contribution in [0.3, 0.4) is 0 Å². The van der Waals surface area contributed by atoms with E-state index in [4.69, 9.17) is 5.73 Å². The number of likely N-dealkylation sites (tertiary alicyclic amines) is 1. The molecule has 2 rings (SSSR count). The average molecular weight is 293 g/mol. The summed E-state index contributed by atoms with van der Waals surface area (Å²) in [4.78, 5) is 24.7. The van der Waals surface area contributed by atoms with Crippen molar-refractivity contribution in [3.05, 3.63) is 0 Å². The number of halogens is 3. The van der Waals surface area contributed by atoms with Crippen LogP contribution in [0.2, 0.25) is 0 Å². The smallest absolute Gasteiger partial charge is 0.369 e. The van der Waals surface area contributed by atoms with Gasteiger partial charge in [-0.3, -0.25) is 9.59 Å². The molecule has 2 fully saturated rings. The number of rotatable bonds is 2. The number of carbonyl (C=O) groups is 2. The molecule has 2 aliphatic rings. The van der Waals surface area contributed by atoms with E-state index < -0.39 is 24.0 Å². The molecule has 5 nitrogen and oxygen atoms in total. The Balaban J connectivity index is 1.85. The van der Waals surface area contributed by atoms with Crippen LogP contribution in [-0.4, -0.2) is 48.6 Å². The van der Waals surface area contributed by atoms with Crippen molar-refractivity contribution in [3.8, 4) is 0 Å². The maximum absolute atomic E-state index is 12.5. The summed E-state index contributed by atoms with van der Waals surface area (Å²) in [6.45, 7) is 0.482. The first kappa shape index (κ1) is 15.1. The lowest BCUT2D eigenvalue weighted by Gasteiger charge is -2.32. The van der Waals surface area contributed by atoms with Gasteiger partial charge in [0.2, 0.25) is 11.8 Å². The maximum atomic E-state index is 12.5. The number of primary amides is 1. The van der Waals surface area contributed by atoms with E-state index in [1.54, 1.807) is 0 Å². The van der Waals surface area contributed by atoms with Crippen LogP contribution >= 0.6 is 0 Å². The molecule has 3 atom stereocenters. The van der Waals surface area contributed by atoms with Crippen LogP contribution < -0.4 is 11.1 Å². The summed E-state index contributed by atoms with van der Waals surface area (Å²) in [5.41, 5.74) is 5.19. The molecule has 3 unspecified atom stereocenters. The normalized spacial score (nSPS) is 31.4. The fourth-order valence-electron chi connectivity index (χ4n) is 2.76. The van der Waals surface area contributed by atoms with E-state index in [0.29, 0.717) is 13.0 Å². The van der Waals surface area contributed by atoms with Gasteiger partial charge in [-0.25, -0.2) is 0 Å². The van der Waals surface area contributed by atoms with Crippen LogP contribution in [0, 0.1) is 11.8 Å². The van der Waals surface area contributed by atoms with Crippen molar-refractivity contribution < 1.29 is 22.8 Å². The lowest BCUT2D eigenvalue weighted by Crippen LogP contribution is -2.52. The molecule has 0 aromatic rings. The number of nitrogens with one attached hydrogen (secondary N) is 1. The SMILES string of the molecule is NC(=O)C1CCN(C(=O)C2CCC(C(F)(F)F)CN2)C1. The highest BCUT2D eigenvalue weighted by Crippen LogP contribution is 2.32. The van der Waals surface area contributed by atoms with Gasteiger partial charge in [-0.15, -0.1) is 0 Å². The fraction of sp³-hybridized carbons (Fsp3) is 0.833. The Hall–Kier alpha value is -1.31. The van der Waals surface area contributed by atoms with Crippen LogP contribution in [0.1, 0.15) is 19.3 Å². The summed E-state index contributed by atoms with van der Waals surface area (Å²) in [6.07, 6.45) is -3.56. The Bertz CT molecular complexity index is 392. The van der Waals surface area contributed by atoms with Crippen molar-refractivity contribution in [1.29, 1.82) is 0 Å². The molecule has 114 valence electrons. The van der Waals surface area contributed by atoms with E-state index in [-0.39, 0.29) is 37.8 Å². The second-order valence-corrected chi connectivity index (χ2v) is 5.45. The van der Waals surface area contributed by atoms with Gasteiger partial charge in [0.1, 0.15) is 0 Å².